The van der Waals surface area contributed by atoms with Crippen molar-refractivity contribution < 1.29 is 46.6 Å². The summed E-state index contributed by atoms with van der Waals surface area (Å²) in [6.07, 6.45) is -2.98. The van der Waals surface area contributed by atoms with Crippen LogP contribution < -0.4 is 11.2 Å². The number of nitrogens with two attached hydrogens (primary N) is 1. The molecular weight excluding hydrogens is 709 g/mol. The first kappa shape index (κ1) is 33.5. The number of allylic oxidation sites excluding steroid dienone is 2. The molecule has 17 heteroatoms. The van der Waals surface area contributed by atoms with Crippen LogP contribution in [0.5, 0.6) is 5.75 Å². The van der Waals surface area contributed by atoms with Gasteiger partial charge in [-0.2, -0.15) is 23.1 Å². The highest BCUT2D eigenvalue weighted by atomic mass is 35.5. The summed E-state index contributed by atoms with van der Waals surface area (Å²) in [5.41, 5.74) is 5.52. The SMILES string of the molecule is NC(=O)N1C(=O)[C@H]2[C@H](CC=C3[C@H]2C[C@H]2C(=O)N(Nc4ncc(C(F)(F)F)cc4Cl)C(=O)[C@@]2(c2ccc(Cl)cc2)[C@H]3c2ccc(O)c(F)c2)C1=O. The maximum Gasteiger partial charge on any atom is 0.417 e. The number of aromatic hydroxyl groups is 1. The second-order valence-corrected chi connectivity index (χ2v) is 13.3. The molecule has 0 radical (unpaired) electrons. The van der Waals surface area contributed by atoms with E-state index in [4.69, 9.17) is 28.9 Å². The number of halogens is 6. The highest BCUT2D eigenvalue weighted by Gasteiger charge is 2.70. The number of rotatable bonds is 4. The fourth-order valence-corrected chi connectivity index (χ4v) is 8.41. The number of nitrogens with one attached hydrogen (secondary N) is 1. The van der Waals surface area contributed by atoms with Crippen molar-refractivity contribution in [3.63, 3.8) is 0 Å². The number of hydrazine groups is 1. The third kappa shape index (κ3) is 4.77. The summed E-state index contributed by atoms with van der Waals surface area (Å²) < 4.78 is 55.2. The van der Waals surface area contributed by atoms with Gasteiger partial charge in [0, 0.05) is 17.1 Å². The molecule has 6 amide bonds. The van der Waals surface area contributed by atoms with E-state index in [-0.39, 0.29) is 29.0 Å². The van der Waals surface area contributed by atoms with Gasteiger partial charge in [-0.25, -0.2) is 14.2 Å². The Hall–Kier alpha value is -5.02. The van der Waals surface area contributed by atoms with Crippen LogP contribution in [0.2, 0.25) is 10.0 Å². The molecule has 1 saturated carbocycles. The van der Waals surface area contributed by atoms with Crippen molar-refractivity contribution in [3.8, 4) is 5.75 Å². The van der Waals surface area contributed by atoms with E-state index in [1.807, 2.05) is 0 Å². The topological polar surface area (TPSA) is 163 Å². The van der Waals surface area contributed by atoms with Crippen LogP contribution in [-0.4, -0.2) is 49.7 Å². The molecule has 4 N–H and O–H groups in total. The van der Waals surface area contributed by atoms with Gasteiger partial charge in [0.25, 0.3) is 11.8 Å². The Bertz CT molecular complexity index is 2060. The van der Waals surface area contributed by atoms with Crippen molar-refractivity contribution in [2.45, 2.75) is 30.4 Å². The molecule has 3 aromatic rings. The van der Waals surface area contributed by atoms with Crippen molar-refractivity contribution >= 4 is 58.7 Å². The summed E-state index contributed by atoms with van der Waals surface area (Å²) in [4.78, 5) is 72.6. The number of amides is 6. The summed E-state index contributed by atoms with van der Waals surface area (Å²) >= 11 is 12.4. The van der Waals surface area contributed by atoms with Gasteiger partial charge in [-0.15, -0.1) is 0 Å². The fraction of sp³-hybridized carbons (Fsp3) is 0.273. The Morgan fingerprint density at radius 2 is 1.70 bits per heavy atom. The first-order valence-electron chi connectivity index (χ1n) is 15.1. The minimum Gasteiger partial charge on any atom is -0.505 e. The Morgan fingerprint density at radius 3 is 2.32 bits per heavy atom. The lowest BCUT2D eigenvalue weighted by Gasteiger charge is -2.50. The third-order valence-electron chi connectivity index (χ3n) is 10.1. The predicted octanol–water partition coefficient (Wildman–Crippen LogP) is 5.32. The first-order chi connectivity index (χ1) is 23.6. The van der Waals surface area contributed by atoms with E-state index in [2.05, 4.69) is 10.4 Å². The Morgan fingerprint density at radius 1 is 1.00 bits per heavy atom. The molecule has 4 aliphatic rings. The zero-order chi connectivity index (χ0) is 36.0. The number of pyridine rings is 1. The molecule has 11 nitrogen and oxygen atoms in total. The molecule has 2 aromatic carbocycles. The van der Waals surface area contributed by atoms with Crippen LogP contribution in [0, 0.1) is 29.5 Å². The fourth-order valence-electron chi connectivity index (χ4n) is 8.08. The van der Waals surface area contributed by atoms with Gasteiger partial charge in [0.2, 0.25) is 11.8 Å². The smallest absolute Gasteiger partial charge is 0.417 e. The number of nitrogens with zero attached hydrogens (tertiary/aromatic N) is 3. The molecular formula is C33H23Cl2F4N5O6. The summed E-state index contributed by atoms with van der Waals surface area (Å²) in [5, 5.41) is 10.4. The number of carbonyl (C=O) groups excluding carboxylic acids is 5. The normalized spacial score (nSPS) is 27.6. The van der Waals surface area contributed by atoms with Gasteiger partial charge < -0.3 is 10.8 Å². The summed E-state index contributed by atoms with van der Waals surface area (Å²) in [6.45, 7) is 0. The second-order valence-electron chi connectivity index (χ2n) is 12.5. The van der Waals surface area contributed by atoms with E-state index in [1.54, 1.807) is 6.08 Å². The number of primary amides is 1. The number of phenolic OH excluding ortho intramolecular Hbond substituents is 1. The zero-order valence-corrected chi connectivity index (χ0v) is 26.8. The average molecular weight is 732 g/mol. The van der Waals surface area contributed by atoms with Crippen LogP contribution in [-0.2, 0) is 30.8 Å². The average Bonchev–Trinajstić information content (AvgIpc) is 3.44. The van der Waals surface area contributed by atoms with Crippen molar-refractivity contribution in [1.29, 1.82) is 0 Å². The number of likely N-dealkylation sites (tertiary alicyclic amines) is 1. The summed E-state index contributed by atoms with van der Waals surface area (Å²) in [6, 6.07) is 8.65. The van der Waals surface area contributed by atoms with E-state index < -0.39 is 98.8 Å². The van der Waals surface area contributed by atoms with E-state index in [1.165, 1.54) is 30.3 Å². The molecule has 258 valence electrons. The summed E-state index contributed by atoms with van der Waals surface area (Å²) in [5.74, 6) is -11.4. The summed E-state index contributed by atoms with van der Waals surface area (Å²) in [7, 11) is 0. The molecule has 0 unspecified atom stereocenters. The maximum absolute atomic E-state index is 15.1. The number of anilines is 1. The lowest BCUT2D eigenvalue weighted by atomic mass is 9.49. The quantitative estimate of drug-likeness (QED) is 0.185. The molecule has 1 aromatic heterocycles. The van der Waals surface area contributed by atoms with Crippen LogP contribution in [0.25, 0.3) is 0 Å². The van der Waals surface area contributed by atoms with Crippen molar-refractivity contribution in [2.75, 3.05) is 5.43 Å². The number of hydrogen-bond acceptors (Lipinski definition) is 8. The molecule has 3 fully saturated rings. The molecule has 2 aliphatic heterocycles. The number of aromatic nitrogens is 1. The number of hydrogen-bond donors (Lipinski definition) is 3. The van der Waals surface area contributed by atoms with Gasteiger partial charge in [-0.05, 0) is 60.2 Å². The van der Waals surface area contributed by atoms with Gasteiger partial charge in [-0.3, -0.25) is 24.6 Å². The van der Waals surface area contributed by atoms with Crippen LogP contribution in [0.15, 0.2) is 66.4 Å². The molecule has 2 aliphatic carbocycles. The largest absolute Gasteiger partial charge is 0.505 e. The predicted molar refractivity (Wildman–Crippen MR) is 166 cm³/mol. The molecule has 7 rings (SSSR count). The highest BCUT2D eigenvalue weighted by Crippen LogP contribution is 2.64. The Kier molecular flexibility index (Phi) is 7.71. The lowest BCUT2D eigenvalue weighted by molar-refractivity contribution is -0.140. The Balaban J connectivity index is 1.44. The molecule has 50 heavy (non-hydrogen) atoms. The highest BCUT2D eigenvalue weighted by molar-refractivity contribution is 6.33. The van der Waals surface area contributed by atoms with Crippen molar-refractivity contribution in [1.82, 2.24) is 14.9 Å². The third-order valence-corrected chi connectivity index (χ3v) is 10.6. The van der Waals surface area contributed by atoms with E-state index in [9.17, 15) is 42.3 Å². The van der Waals surface area contributed by atoms with Crippen LogP contribution in [0.3, 0.4) is 0 Å². The van der Waals surface area contributed by atoms with Gasteiger partial charge >= 0.3 is 12.2 Å². The molecule has 2 saturated heterocycles. The molecule has 0 spiro atoms. The van der Waals surface area contributed by atoms with Crippen LogP contribution in [0.4, 0.5) is 28.2 Å². The van der Waals surface area contributed by atoms with Gasteiger partial charge in [0.15, 0.2) is 17.4 Å². The van der Waals surface area contributed by atoms with E-state index in [0.29, 0.717) is 27.7 Å². The molecule has 0 bridgehead atoms. The lowest BCUT2D eigenvalue weighted by Crippen LogP contribution is -2.53. The van der Waals surface area contributed by atoms with Crippen molar-refractivity contribution in [3.05, 3.63) is 98.9 Å². The maximum atomic E-state index is 15.1. The zero-order valence-electron chi connectivity index (χ0n) is 25.2. The van der Waals surface area contributed by atoms with Crippen LogP contribution >= 0.6 is 23.2 Å². The van der Waals surface area contributed by atoms with Gasteiger partial charge in [0.05, 0.1) is 33.8 Å². The molecule has 3 heterocycles. The number of imide groups is 4. The number of alkyl halides is 3. The number of urea groups is 1. The molecule has 6 atom stereocenters. The van der Waals surface area contributed by atoms with E-state index >= 15 is 4.39 Å². The minimum atomic E-state index is -4.79. The standard InChI is InChI=1S/C33H23Cl2F4N5O6/c34-16-4-2-14(3-5-16)32-20(28(47)44(30(32)49)42-26-21(35)10-15(12-41-26)33(37,38)39)11-19-17(25(32)13-1-8-23(45)22(36)9-13)6-7-18-24(19)29(48)43(27(18)46)31(40)50/h1-6,8-10,12,18-20,24-25,45H,7,11H2,(H2,40,50)(H,41,42)/t18-,19+,20-,24-,25-,32+/m0/s1. The Labute approximate surface area is 289 Å². The second kappa shape index (κ2) is 11.5. The van der Waals surface area contributed by atoms with Crippen LogP contribution in [0.1, 0.15) is 35.4 Å². The van der Waals surface area contributed by atoms with E-state index in [0.717, 1.165) is 12.1 Å². The van der Waals surface area contributed by atoms with Gasteiger partial charge in [0.1, 0.15) is 0 Å². The number of fused-ring (bicyclic) bond motifs is 4. The van der Waals surface area contributed by atoms with Gasteiger partial charge in [-0.1, -0.05) is 53.1 Å². The number of benzene rings is 2. The number of phenols is 1. The minimum absolute atomic E-state index is 0.0571. The first-order valence-corrected chi connectivity index (χ1v) is 15.8. The monoisotopic (exact) mass is 731 g/mol. The van der Waals surface area contributed by atoms with Crippen molar-refractivity contribution in [2.24, 2.45) is 29.4 Å². The number of carbonyl (C=O) groups is 5.